The summed E-state index contributed by atoms with van der Waals surface area (Å²) in [6.45, 7) is 0.102. The van der Waals surface area contributed by atoms with Crippen LogP contribution in [0.2, 0.25) is 0 Å². The number of nitrogens with one attached hydrogen (secondary N) is 1. The highest BCUT2D eigenvalue weighted by atomic mass is 79.9. The van der Waals surface area contributed by atoms with Gasteiger partial charge >= 0.3 is 0 Å². The van der Waals surface area contributed by atoms with E-state index in [9.17, 15) is 9.18 Å². The van der Waals surface area contributed by atoms with Crippen LogP contribution in [0.5, 0.6) is 0 Å². The highest BCUT2D eigenvalue weighted by Crippen LogP contribution is 2.37. The predicted octanol–water partition coefficient (Wildman–Crippen LogP) is 3.68. The second-order valence-corrected chi connectivity index (χ2v) is 5.16. The third-order valence-corrected chi connectivity index (χ3v) is 3.46. The molecule has 0 spiro atoms. The van der Waals surface area contributed by atoms with Crippen LogP contribution in [0.1, 0.15) is 0 Å². The fourth-order valence-electron chi connectivity index (χ4n) is 2.14. The summed E-state index contributed by atoms with van der Waals surface area (Å²) >= 11 is 3.39. The van der Waals surface area contributed by atoms with Crippen molar-refractivity contribution in [3.8, 4) is 0 Å². The van der Waals surface area contributed by atoms with Crippen molar-refractivity contribution in [3.05, 3.63) is 52.8 Å². The number of benzene rings is 2. The van der Waals surface area contributed by atoms with Crippen LogP contribution in [0.4, 0.5) is 21.5 Å². The normalized spacial score (nSPS) is 14.0. The number of hydrogen-bond donors (Lipinski definition) is 1. The number of amides is 1. The molecule has 19 heavy (non-hydrogen) atoms. The van der Waals surface area contributed by atoms with Gasteiger partial charge in [0.1, 0.15) is 12.4 Å². The molecule has 0 saturated carbocycles. The molecule has 0 aliphatic carbocycles. The minimum atomic E-state index is -0.344. The summed E-state index contributed by atoms with van der Waals surface area (Å²) in [5.74, 6) is -0.499. The summed E-state index contributed by atoms with van der Waals surface area (Å²) in [7, 11) is 0. The highest BCUT2D eigenvalue weighted by molar-refractivity contribution is 9.10. The Labute approximate surface area is 118 Å². The first-order chi connectivity index (χ1) is 9.15. The smallest absolute Gasteiger partial charge is 0.244 e. The maximum atomic E-state index is 13.9. The molecule has 0 fully saturated rings. The second kappa shape index (κ2) is 4.66. The van der Waals surface area contributed by atoms with Gasteiger partial charge in [-0.2, -0.15) is 0 Å². The van der Waals surface area contributed by atoms with Gasteiger partial charge in [0.05, 0.1) is 17.1 Å². The van der Waals surface area contributed by atoms with Crippen molar-refractivity contribution in [2.75, 3.05) is 16.8 Å². The molecule has 0 atom stereocenters. The zero-order valence-corrected chi connectivity index (χ0v) is 11.4. The number of halogens is 2. The Morgan fingerprint density at radius 3 is 2.74 bits per heavy atom. The molecular weight excluding hydrogens is 311 g/mol. The maximum absolute atomic E-state index is 13.9. The molecule has 0 radical (unpaired) electrons. The van der Waals surface area contributed by atoms with Crippen LogP contribution < -0.4 is 10.2 Å². The number of para-hydroxylation sites is 1. The standard InChI is InChI=1S/C14H10BrFN2O/c15-9-5-6-11-13(7-9)18(8-14(19)17-11)12-4-2-1-3-10(12)16/h1-7H,8H2,(H,17,19). The van der Waals surface area contributed by atoms with Crippen LogP contribution in [0, 0.1) is 5.82 Å². The number of carbonyl (C=O) groups excluding carboxylic acids is 1. The van der Waals surface area contributed by atoms with Crippen molar-refractivity contribution in [2.45, 2.75) is 0 Å². The van der Waals surface area contributed by atoms with Gasteiger partial charge in [-0.1, -0.05) is 28.1 Å². The van der Waals surface area contributed by atoms with Gasteiger partial charge in [-0.15, -0.1) is 0 Å². The fourth-order valence-corrected chi connectivity index (χ4v) is 2.49. The summed E-state index contributed by atoms with van der Waals surface area (Å²) < 4.78 is 14.8. The maximum Gasteiger partial charge on any atom is 0.244 e. The summed E-state index contributed by atoms with van der Waals surface area (Å²) in [5.41, 5.74) is 1.86. The lowest BCUT2D eigenvalue weighted by atomic mass is 10.1. The zero-order valence-electron chi connectivity index (χ0n) is 9.86. The van der Waals surface area contributed by atoms with Crippen molar-refractivity contribution in [1.82, 2.24) is 0 Å². The minimum absolute atomic E-state index is 0.102. The van der Waals surface area contributed by atoms with Crippen LogP contribution in [-0.4, -0.2) is 12.5 Å². The Hall–Kier alpha value is -1.88. The molecule has 0 saturated heterocycles. The fraction of sp³-hybridized carbons (Fsp3) is 0.0714. The zero-order chi connectivity index (χ0) is 13.4. The molecule has 3 rings (SSSR count). The lowest BCUT2D eigenvalue weighted by molar-refractivity contribution is -0.115. The average molecular weight is 321 g/mol. The van der Waals surface area contributed by atoms with Crippen LogP contribution in [-0.2, 0) is 4.79 Å². The molecule has 2 aromatic rings. The molecule has 1 heterocycles. The summed E-state index contributed by atoms with van der Waals surface area (Å²) in [4.78, 5) is 13.4. The molecule has 0 unspecified atom stereocenters. The first-order valence-electron chi connectivity index (χ1n) is 5.76. The van der Waals surface area contributed by atoms with Crippen LogP contribution in [0.3, 0.4) is 0 Å². The van der Waals surface area contributed by atoms with Crippen molar-refractivity contribution >= 4 is 38.9 Å². The number of anilines is 3. The summed E-state index contributed by atoms with van der Waals surface area (Å²) in [6.07, 6.45) is 0. The summed E-state index contributed by atoms with van der Waals surface area (Å²) in [5, 5.41) is 2.78. The van der Waals surface area contributed by atoms with E-state index in [1.807, 2.05) is 12.1 Å². The molecule has 1 aliphatic rings. The molecule has 1 amide bonds. The topological polar surface area (TPSA) is 32.3 Å². The predicted molar refractivity (Wildman–Crippen MR) is 76.2 cm³/mol. The highest BCUT2D eigenvalue weighted by Gasteiger charge is 2.24. The van der Waals surface area contributed by atoms with Crippen molar-refractivity contribution in [2.24, 2.45) is 0 Å². The lowest BCUT2D eigenvalue weighted by Crippen LogP contribution is -2.35. The van der Waals surface area contributed by atoms with Crippen LogP contribution in [0.25, 0.3) is 0 Å². The third-order valence-electron chi connectivity index (χ3n) is 2.97. The van der Waals surface area contributed by atoms with Gasteiger partial charge < -0.3 is 10.2 Å². The number of carbonyl (C=O) groups is 1. The summed E-state index contributed by atoms with van der Waals surface area (Å²) in [6, 6.07) is 11.9. The van der Waals surface area contributed by atoms with Crippen molar-refractivity contribution in [3.63, 3.8) is 0 Å². The Bertz CT molecular complexity index is 660. The average Bonchev–Trinajstić information content (AvgIpc) is 2.39. The molecule has 5 heteroatoms. The van der Waals surface area contributed by atoms with Crippen molar-refractivity contribution < 1.29 is 9.18 Å². The van der Waals surface area contributed by atoms with E-state index in [4.69, 9.17) is 0 Å². The van der Waals surface area contributed by atoms with Crippen molar-refractivity contribution in [1.29, 1.82) is 0 Å². The molecular formula is C14H10BrFN2O. The van der Waals surface area contributed by atoms with E-state index in [0.29, 0.717) is 11.4 Å². The third kappa shape index (κ3) is 2.21. The van der Waals surface area contributed by atoms with E-state index < -0.39 is 0 Å². The number of fused-ring (bicyclic) bond motifs is 1. The monoisotopic (exact) mass is 320 g/mol. The van der Waals surface area contributed by atoms with Gasteiger partial charge in [-0.25, -0.2) is 4.39 Å². The first-order valence-corrected chi connectivity index (χ1v) is 6.56. The number of nitrogens with zero attached hydrogens (tertiary/aromatic N) is 1. The van der Waals surface area contributed by atoms with E-state index in [1.54, 1.807) is 29.2 Å². The molecule has 2 aromatic carbocycles. The van der Waals surface area contributed by atoms with Gasteiger partial charge in [-0.3, -0.25) is 4.79 Å². The number of rotatable bonds is 1. The van der Waals surface area contributed by atoms with Gasteiger partial charge in [0.25, 0.3) is 0 Å². The Morgan fingerprint density at radius 2 is 1.95 bits per heavy atom. The van der Waals surface area contributed by atoms with Gasteiger partial charge in [0.15, 0.2) is 0 Å². The SMILES string of the molecule is O=C1CN(c2ccccc2F)c2cc(Br)ccc2N1. The number of hydrogen-bond acceptors (Lipinski definition) is 2. The minimum Gasteiger partial charge on any atom is -0.328 e. The molecule has 0 aromatic heterocycles. The molecule has 96 valence electrons. The van der Waals surface area contributed by atoms with E-state index >= 15 is 0 Å². The molecule has 0 bridgehead atoms. The Kier molecular flexibility index (Phi) is 2.98. The van der Waals surface area contributed by atoms with E-state index in [1.165, 1.54) is 6.07 Å². The van der Waals surface area contributed by atoms with E-state index in [2.05, 4.69) is 21.2 Å². The second-order valence-electron chi connectivity index (χ2n) is 4.25. The van der Waals surface area contributed by atoms with E-state index in [-0.39, 0.29) is 18.3 Å². The quantitative estimate of drug-likeness (QED) is 0.869. The van der Waals surface area contributed by atoms with Gasteiger partial charge in [0, 0.05) is 4.47 Å². The Morgan fingerprint density at radius 1 is 1.16 bits per heavy atom. The van der Waals surface area contributed by atoms with Gasteiger partial charge in [-0.05, 0) is 30.3 Å². The molecule has 1 N–H and O–H groups in total. The van der Waals surface area contributed by atoms with Crippen LogP contribution in [0.15, 0.2) is 46.9 Å². The van der Waals surface area contributed by atoms with E-state index in [0.717, 1.165) is 10.2 Å². The largest absolute Gasteiger partial charge is 0.328 e. The van der Waals surface area contributed by atoms with Crippen LogP contribution >= 0.6 is 15.9 Å². The lowest BCUT2D eigenvalue weighted by Gasteiger charge is -2.31. The Balaban J connectivity index is 2.16. The molecule has 3 nitrogen and oxygen atoms in total. The van der Waals surface area contributed by atoms with Gasteiger partial charge in [0.2, 0.25) is 5.91 Å². The molecule has 1 aliphatic heterocycles. The first kappa shape index (κ1) is 12.2.